The Morgan fingerprint density at radius 3 is 2.30 bits per heavy atom. The number of nitrogens with zero attached hydrogens (tertiary/aromatic N) is 2. The van der Waals surface area contributed by atoms with Crippen LogP contribution in [0.15, 0.2) is 83.4 Å². The van der Waals surface area contributed by atoms with Gasteiger partial charge in [-0.2, -0.15) is 0 Å². The second-order valence-electron chi connectivity index (χ2n) is 8.31. The molecule has 9 nitrogen and oxygen atoms in total. The van der Waals surface area contributed by atoms with Crippen molar-refractivity contribution in [2.75, 3.05) is 12.0 Å². The molecule has 0 bridgehead atoms. The van der Waals surface area contributed by atoms with Crippen LogP contribution in [0.5, 0.6) is 5.75 Å². The van der Waals surface area contributed by atoms with Crippen LogP contribution >= 0.6 is 12.2 Å². The van der Waals surface area contributed by atoms with E-state index in [4.69, 9.17) is 21.4 Å². The van der Waals surface area contributed by atoms with Crippen LogP contribution in [-0.2, 0) is 0 Å². The number of aromatic nitrogens is 1. The Labute approximate surface area is 216 Å². The van der Waals surface area contributed by atoms with Crippen molar-refractivity contribution in [2.24, 2.45) is 0 Å². The minimum Gasteiger partial charge on any atom is -0.497 e. The van der Waals surface area contributed by atoms with Crippen LogP contribution in [0.2, 0.25) is 0 Å². The van der Waals surface area contributed by atoms with E-state index in [0.29, 0.717) is 27.9 Å². The van der Waals surface area contributed by atoms with Crippen LogP contribution < -0.4 is 15.0 Å². The fourth-order valence-electron chi connectivity index (χ4n) is 4.35. The summed E-state index contributed by atoms with van der Waals surface area (Å²) in [5.41, 5.74) is 1.60. The second kappa shape index (κ2) is 9.75. The molecule has 1 aliphatic heterocycles. The maximum absolute atomic E-state index is 11.6. The van der Waals surface area contributed by atoms with Crippen molar-refractivity contribution in [3.63, 3.8) is 0 Å². The summed E-state index contributed by atoms with van der Waals surface area (Å²) in [5, 5.41) is 22.7. The number of carboxylic acid groups (broad SMARTS) is 2. The average molecular weight is 516 g/mol. The summed E-state index contributed by atoms with van der Waals surface area (Å²) in [5.74, 6) is -0.906. The molecule has 37 heavy (non-hydrogen) atoms. The van der Waals surface area contributed by atoms with Crippen molar-refractivity contribution in [3.8, 4) is 17.1 Å². The van der Waals surface area contributed by atoms with Crippen molar-refractivity contribution < 1.29 is 29.0 Å². The number of methoxy groups -OCH3 is 1. The number of thiocarbonyl (C=S) groups is 1. The summed E-state index contributed by atoms with van der Waals surface area (Å²) < 4.78 is 11.5. The van der Waals surface area contributed by atoms with E-state index in [2.05, 4.69) is 10.3 Å². The summed E-state index contributed by atoms with van der Waals surface area (Å²) in [6, 6.07) is 19.6. The van der Waals surface area contributed by atoms with Crippen molar-refractivity contribution in [2.45, 2.75) is 12.1 Å². The molecule has 3 heterocycles. The number of anilines is 1. The molecule has 2 atom stereocenters. The van der Waals surface area contributed by atoms with Gasteiger partial charge in [-0.1, -0.05) is 6.07 Å². The number of pyridine rings is 1. The molecule has 0 spiro atoms. The normalized spacial score (nSPS) is 16.9. The number of ether oxygens (including phenoxy) is 1. The van der Waals surface area contributed by atoms with E-state index in [9.17, 15) is 19.8 Å². The smallest absolute Gasteiger partial charge is 0.335 e. The zero-order chi connectivity index (χ0) is 26.1. The number of carbonyl (C=O) groups is 2. The number of benzene rings is 2. The fourth-order valence-corrected chi connectivity index (χ4v) is 4.69. The molecule has 3 N–H and O–H groups in total. The van der Waals surface area contributed by atoms with Gasteiger partial charge in [-0.15, -0.1) is 0 Å². The predicted molar refractivity (Wildman–Crippen MR) is 139 cm³/mol. The Kier molecular flexibility index (Phi) is 6.33. The molecule has 1 saturated heterocycles. The summed E-state index contributed by atoms with van der Waals surface area (Å²) in [6.07, 6.45) is 1.70. The van der Waals surface area contributed by atoms with Gasteiger partial charge in [0.15, 0.2) is 5.11 Å². The van der Waals surface area contributed by atoms with Crippen LogP contribution in [0.3, 0.4) is 0 Å². The highest BCUT2D eigenvalue weighted by Gasteiger charge is 2.42. The van der Waals surface area contributed by atoms with E-state index in [1.807, 2.05) is 47.4 Å². The van der Waals surface area contributed by atoms with Gasteiger partial charge in [0, 0.05) is 17.4 Å². The quantitative estimate of drug-likeness (QED) is 0.292. The summed E-state index contributed by atoms with van der Waals surface area (Å²) >= 11 is 5.71. The lowest BCUT2D eigenvalue weighted by atomic mass is 10.0. The van der Waals surface area contributed by atoms with E-state index < -0.39 is 18.0 Å². The first kappa shape index (κ1) is 24.0. The number of furan rings is 1. The van der Waals surface area contributed by atoms with Crippen molar-refractivity contribution >= 4 is 35.0 Å². The number of hydrogen-bond donors (Lipinski definition) is 3. The van der Waals surface area contributed by atoms with Gasteiger partial charge in [0.2, 0.25) is 0 Å². The van der Waals surface area contributed by atoms with E-state index in [0.717, 1.165) is 17.4 Å². The lowest BCUT2D eigenvalue weighted by Gasteiger charge is -2.26. The molecule has 0 amide bonds. The Morgan fingerprint density at radius 1 is 1.00 bits per heavy atom. The standard InChI is InChI=1S/C27H21N3O6S/c1-35-19-7-5-18(6-8-19)30-24(23(29-27(30)37)20-4-2-3-11-28-20)22-10-9-21(36-22)15-12-16(25(31)32)14-17(13-15)26(33)34/h2-14,23-24H,1H3,(H,29,37)(H,31,32)(H,33,34)/t23-,24-/m0/s1. The SMILES string of the molecule is COc1ccc(N2C(=S)N[C@@H](c3ccccn3)[C@@H]2c2ccc(-c3cc(C(=O)O)cc(C(=O)O)c3)o2)cc1. The van der Waals surface area contributed by atoms with Gasteiger partial charge in [0.1, 0.15) is 23.3 Å². The topological polar surface area (TPSA) is 125 Å². The molecular formula is C27H21N3O6S. The molecule has 0 aliphatic carbocycles. The maximum atomic E-state index is 11.6. The minimum absolute atomic E-state index is 0.150. The summed E-state index contributed by atoms with van der Waals surface area (Å²) in [7, 11) is 1.59. The largest absolute Gasteiger partial charge is 0.497 e. The molecular weight excluding hydrogens is 494 g/mol. The fraction of sp³-hybridized carbons (Fsp3) is 0.111. The van der Waals surface area contributed by atoms with Crippen LogP contribution in [0, 0.1) is 0 Å². The summed E-state index contributed by atoms with van der Waals surface area (Å²) in [4.78, 5) is 29.6. The highest BCUT2D eigenvalue weighted by molar-refractivity contribution is 7.80. The minimum atomic E-state index is -1.23. The zero-order valence-corrected chi connectivity index (χ0v) is 20.3. The van der Waals surface area contributed by atoms with Gasteiger partial charge in [-0.25, -0.2) is 9.59 Å². The average Bonchev–Trinajstić information content (AvgIpc) is 3.53. The monoisotopic (exact) mass is 515 g/mol. The molecule has 4 aromatic rings. The molecule has 0 unspecified atom stereocenters. The first-order valence-electron chi connectivity index (χ1n) is 11.2. The predicted octanol–water partition coefficient (Wildman–Crippen LogP) is 4.92. The Bertz CT molecular complexity index is 1450. The lowest BCUT2D eigenvalue weighted by Crippen LogP contribution is -2.29. The Morgan fingerprint density at radius 2 is 1.70 bits per heavy atom. The van der Waals surface area contributed by atoms with E-state index in [-0.39, 0.29) is 17.2 Å². The Balaban J connectivity index is 1.60. The van der Waals surface area contributed by atoms with Gasteiger partial charge in [-0.3, -0.25) is 4.98 Å². The highest BCUT2D eigenvalue weighted by atomic mass is 32.1. The molecule has 1 aliphatic rings. The molecule has 10 heteroatoms. The van der Waals surface area contributed by atoms with Crippen molar-refractivity contribution in [3.05, 3.63) is 102 Å². The first-order valence-corrected chi connectivity index (χ1v) is 11.6. The van der Waals surface area contributed by atoms with E-state index in [1.54, 1.807) is 25.4 Å². The lowest BCUT2D eigenvalue weighted by molar-refractivity contribution is 0.0696. The number of hydrogen-bond acceptors (Lipinski definition) is 6. The molecule has 2 aromatic heterocycles. The van der Waals surface area contributed by atoms with Gasteiger partial charge >= 0.3 is 11.9 Å². The molecule has 0 saturated carbocycles. The van der Waals surface area contributed by atoms with Crippen molar-refractivity contribution in [1.29, 1.82) is 0 Å². The third-order valence-electron chi connectivity index (χ3n) is 6.08. The Hall–Kier alpha value is -4.70. The van der Waals surface area contributed by atoms with Gasteiger partial charge in [0.05, 0.1) is 30.0 Å². The van der Waals surface area contributed by atoms with E-state index >= 15 is 0 Å². The number of rotatable bonds is 7. The van der Waals surface area contributed by atoms with Crippen LogP contribution in [-0.4, -0.2) is 39.4 Å². The molecule has 0 radical (unpaired) electrons. The van der Waals surface area contributed by atoms with Crippen molar-refractivity contribution in [1.82, 2.24) is 10.3 Å². The zero-order valence-electron chi connectivity index (χ0n) is 19.5. The number of carboxylic acids is 2. The second-order valence-corrected chi connectivity index (χ2v) is 8.69. The molecule has 5 rings (SSSR count). The third kappa shape index (κ3) is 4.62. The van der Waals surface area contributed by atoms with Gasteiger partial charge in [-0.05, 0) is 78.9 Å². The first-order chi connectivity index (χ1) is 17.9. The highest BCUT2D eigenvalue weighted by Crippen LogP contribution is 2.43. The van der Waals surface area contributed by atoms with Gasteiger partial charge in [0.25, 0.3) is 0 Å². The van der Waals surface area contributed by atoms with Crippen LogP contribution in [0.25, 0.3) is 11.3 Å². The summed E-state index contributed by atoms with van der Waals surface area (Å²) in [6.45, 7) is 0. The third-order valence-corrected chi connectivity index (χ3v) is 6.39. The van der Waals surface area contributed by atoms with Gasteiger partial charge < -0.3 is 29.6 Å². The van der Waals surface area contributed by atoms with Crippen LogP contribution in [0.1, 0.15) is 44.3 Å². The molecule has 1 fully saturated rings. The number of nitrogens with one attached hydrogen (secondary N) is 1. The number of aromatic carboxylic acids is 2. The molecule has 2 aromatic carbocycles. The van der Waals surface area contributed by atoms with Crippen LogP contribution in [0.4, 0.5) is 5.69 Å². The maximum Gasteiger partial charge on any atom is 0.335 e. The molecule has 186 valence electrons. The van der Waals surface area contributed by atoms with E-state index in [1.165, 1.54) is 12.1 Å².